The summed E-state index contributed by atoms with van der Waals surface area (Å²) < 4.78 is 1.67. The Morgan fingerprint density at radius 3 is 3.10 bits per heavy atom. The number of aryl methyl sites for hydroxylation is 1. The van der Waals surface area contributed by atoms with Gasteiger partial charge in [0.15, 0.2) is 11.5 Å². The lowest BCUT2D eigenvalue weighted by Gasteiger charge is -2.02. The van der Waals surface area contributed by atoms with Crippen molar-refractivity contribution in [3.05, 3.63) is 35.5 Å². The van der Waals surface area contributed by atoms with Crippen molar-refractivity contribution in [3.63, 3.8) is 0 Å². The summed E-state index contributed by atoms with van der Waals surface area (Å²) in [5.74, 6) is 0.718. The first-order valence-corrected chi connectivity index (χ1v) is 7.09. The number of hydrogen-bond donors (Lipinski definition) is 0. The Kier molecular flexibility index (Phi) is 2.46. The number of nitrogens with zero attached hydrogens (tertiary/aromatic N) is 6. The predicted molar refractivity (Wildman–Crippen MR) is 76.6 cm³/mol. The molecule has 0 unspecified atom stereocenters. The van der Waals surface area contributed by atoms with Gasteiger partial charge < -0.3 is 0 Å². The van der Waals surface area contributed by atoms with Gasteiger partial charge in [-0.15, -0.1) is 16.4 Å². The smallest absolute Gasteiger partial charge is 0.191 e. The Morgan fingerprint density at radius 1 is 1.35 bits per heavy atom. The zero-order valence-corrected chi connectivity index (χ0v) is 11.5. The molecule has 0 saturated carbocycles. The van der Waals surface area contributed by atoms with Crippen molar-refractivity contribution in [1.82, 2.24) is 30.0 Å². The van der Waals surface area contributed by atoms with E-state index in [0.29, 0.717) is 0 Å². The molecule has 0 aliphatic heterocycles. The van der Waals surface area contributed by atoms with Gasteiger partial charge in [0, 0.05) is 22.8 Å². The minimum atomic E-state index is 0.718. The van der Waals surface area contributed by atoms with Gasteiger partial charge in [0.05, 0.1) is 5.39 Å². The second-order valence-electron chi connectivity index (χ2n) is 4.38. The molecule has 0 amide bonds. The van der Waals surface area contributed by atoms with Crippen LogP contribution in [-0.2, 0) is 6.42 Å². The first-order chi connectivity index (χ1) is 9.86. The van der Waals surface area contributed by atoms with Gasteiger partial charge in [-0.3, -0.25) is 4.98 Å². The van der Waals surface area contributed by atoms with Crippen molar-refractivity contribution in [2.24, 2.45) is 0 Å². The maximum atomic E-state index is 4.71. The number of thiophene rings is 1. The molecule has 0 saturated heterocycles. The Bertz CT molecular complexity index is 895. The molecule has 0 aromatic carbocycles. The molecular weight excluding hydrogens is 272 g/mol. The van der Waals surface area contributed by atoms with Crippen molar-refractivity contribution >= 4 is 27.2 Å². The van der Waals surface area contributed by atoms with Gasteiger partial charge in [-0.1, -0.05) is 6.92 Å². The lowest BCUT2D eigenvalue weighted by atomic mass is 10.2. The molecule has 0 radical (unpaired) electrons. The fourth-order valence-corrected chi connectivity index (χ4v) is 3.13. The number of aromatic nitrogens is 6. The molecule has 20 heavy (non-hydrogen) atoms. The van der Waals surface area contributed by atoms with Crippen molar-refractivity contribution in [1.29, 1.82) is 0 Å². The summed E-state index contributed by atoms with van der Waals surface area (Å²) in [5, 5.41) is 13.0. The highest BCUT2D eigenvalue weighted by atomic mass is 32.1. The number of rotatable bonds is 2. The second-order valence-corrected chi connectivity index (χ2v) is 5.49. The van der Waals surface area contributed by atoms with Crippen LogP contribution >= 0.6 is 11.3 Å². The van der Waals surface area contributed by atoms with Crippen LogP contribution in [0.3, 0.4) is 0 Å². The van der Waals surface area contributed by atoms with E-state index in [1.165, 1.54) is 4.88 Å². The molecule has 4 aromatic heterocycles. The Labute approximate surface area is 118 Å². The highest BCUT2D eigenvalue weighted by molar-refractivity contribution is 7.18. The van der Waals surface area contributed by atoms with E-state index in [4.69, 9.17) is 4.98 Å². The van der Waals surface area contributed by atoms with Crippen LogP contribution in [0.1, 0.15) is 11.8 Å². The molecule has 0 aliphatic rings. The van der Waals surface area contributed by atoms with E-state index in [-0.39, 0.29) is 0 Å². The number of fused-ring (bicyclic) bond motifs is 3. The first-order valence-electron chi connectivity index (χ1n) is 6.27. The third kappa shape index (κ3) is 1.60. The van der Waals surface area contributed by atoms with Crippen LogP contribution in [0.4, 0.5) is 0 Å². The summed E-state index contributed by atoms with van der Waals surface area (Å²) >= 11 is 1.68. The van der Waals surface area contributed by atoms with Crippen LogP contribution in [0, 0.1) is 0 Å². The van der Waals surface area contributed by atoms with E-state index in [2.05, 4.69) is 33.5 Å². The number of pyridine rings is 1. The summed E-state index contributed by atoms with van der Waals surface area (Å²) in [6.07, 6.45) is 4.49. The van der Waals surface area contributed by atoms with Gasteiger partial charge in [-0.2, -0.15) is 4.52 Å². The van der Waals surface area contributed by atoms with E-state index in [1.54, 1.807) is 28.2 Å². The summed E-state index contributed by atoms with van der Waals surface area (Å²) in [4.78, 5) is 11.1. The van der Waals surface area contributed by atoms with Crippen LogP contribution in [0.25, 0.3) is 27.3 Å². The normalized spacial score (nSPS) is 11.4. The van der Waals surface area contributed by atoms with E-state index in [1.807, 2.05) is 12.1 Å². The molecule has 6 nitrogen and oxygen atoms in total. The highest BCUT2D eigenvalue weighted by Gasteiger charge is 2.15. The predicted octanol–water partition coefficient (Wildman–Crippen LogP) is 2.36. The summed E-state index contributed by atoms with van der Waals surface area (Å²) in [5.41, 5.74) is 1.64. The first kappa shape index (κ1) is 11.4. The molecule has 4 rings (SSSR count). The summed E-state index contributed by atoms with van der Waals surface area (Å²) in [7, 11) is 0. The SMILES string of the molecule is CCc1cc2c(nc(-c3cccnc3)n3nnnc23)s1. The molecule has 4 heterocycles. The lowest BCUT2D eigenvalue weighted by Crippen LogP contribution is -1.98. The molecule has 4 aromatic rings. The van der Waals surface area contributed by atoms with Crippen molar-refractivity contribution in [3.8, 4) is 11.4 Å². The highest BCUT2D eigenvalue weighted by Crippen LogP contribution is 2.29. The third-order valence-corrected chi connectivity index (χ3v) is 4.32. The van der Waals surface area contributed by atoms with Crippen LogP contribution in [0.5, 0.6) is 0 Å². The molecule has 0 atom stereocenters. The maximum absolute atomic E-state index is 4.71. The largest absolute Gasteiger partial charge is 0.264 e. The zero-order valence-electron chi connectivity index (χ0n) is 10.7. The van der Waals surface area contributed by atoms with Crippen molar-refractivity contribution in [2.45, 2.75) is 13.3 Å². The summed E-state index contributed by atoms with van der Waals surface area (Å²) in [6, 6.07) is 5.95. The average Bonchev–Trinajstić information content (AvgIpc) is 3.13. The topological polar surface area (TPSA) is 68.9 Å². The fraction of sp³-hybridized carbons (Fsp3) is 0.154. The fourth-order valence-electron chi connectivity index (χ4n) is 2.17. The lowest BCUT2D eigenvalue weighted by molar-refractivity contribution is 0.819. The van der Waals surface area contributed by atoms with Gasteiger partial charge in [0.1, 0.15) is 4.83 Å². The Hall–Kier alpha value is -2.41. The third-order valence-electron chi connectivity index (χ3n) is 3.15. The van der Waals surface area contributed by atoms with E-state index in [0.717, 1.165) is 33.7 Å². The summed E-state index contributed by atoms with van der Waals surface area (Å²) in [6.45, 7) is 2.13. The quantitative estimate of drug-likeness (QED) is 0.564. The van der Waals surface area contributed by atoms with E-state index < -0.39 is 0 Å². The van der Waals surface area contributed by atoms with Crippen LogP contribution in [0.2, 0.25) is 0 Å². The number of tetrazole rings is 1. The molecule has 0 spiro atoms. The Balaban J connectivity index is 2.11. The Morgan fingerprint density at radius 2 is 2.30 bits per heavy atom. The maximum Gasteiger partial charge on any atom is 0.191 e. The second kappa shape index (κ2) is 4.31. The number of hydrogen-bond acceptors (Lipinski definition) is 6. The molecule has 0 N–H and O–H groups in total. The van der Waals surface area contributed by atoms with Gasteiger partial charge >= 0.3 is 0 Å². The minimum absolute atomic E-state index is 0.718. The van der Waals surface area contributed by atoms with Crippen LogP contribution in [-0.4, -0.2) is 30.0 Å². The zero-order chi connectivity index (χ0) is 13.5. The van der Waals surface area contributed by atoms with Gasteiger partial charge in [0.2, 0.25) is 0 Å². The molecule has 98 valence electrons. The van der Waals surface area contributed by atoms with Gasteiger partial charge in [-0.25, -0.2) is 4.98 Å². The molecular formula is C13H10N6S. The van der Waals surface area contributed by atoms with E-state index >= 15 is 0 Å². The van der Waals surface area contributed by atoms with Gasteiger partial charge in [-0.05, 0) is 35.0 Å². The molecule has 0 aliphatic carbocycles. The van der Waals surface area contributed by atoms with Crippen LogP contribution < -0.4 is 0 Å². The van der Waals surface area contributed by atoms with Gasteiger partial charge in [0.25, 0.3) is 0 Å². The van der Waals surface area contributed by atoms with Crippen molar-refractivity contribution in [2.75, 3.05) is 0 Å². The van der Waals surface area contributed by atoms with Crippen molar-refractivity contribution < 1.29 is 0 Å². The molecule has 0 fully saturated rings. The van der Waals surface area contributed by atoms with Crippen LogP contribution in [0.15, 0.2) is 30.6 Å². The standard InChI is InChI=1S/C13H10N6S/c1-2-9-6-10-12-16-17-18-19(12)11(15-13(10)20-9)8-4-3-5-14-7-8/h3-7H,2H2,1H3. The monoisotopic (exact) mass is 282 g/mol. The minimum Gasteiger partial charge on any atom is -0.264 e. The van der Waals surface area contributed by atoms with E-state index in [9.17, 15) is 0 Å². The molecule has 7 heteroatoms. The molecule has 0 bridgehead atoms. The average molecular weight is 282 g/mol.